The fraction of sp³-hybridized carbons (Fsp3) is 0.344. The molecule has 1 aliphatic carbocycles. The number of nitrogens with zero attached hydrogens (tertiary/aromatic N) is 5. The van der Waals surface area contributed by atoms with Crippen molar-refractivity contribution in [3.63, 3.8) is 0 Å². The first-order valence-corrected chi connectivity index (χ1v) is 13.9. The number of ether oxygens (including phenoxy) is 1. The van der Waals surface area contributed by atoms with Gasteiger partial charge in [0.25, 0.3) is 0 Å². The minimum atomic E-state index is -1.02. The number of phenolic OH excluding ortho intramolecular Hbond substituents is 1. The van der Waals surface area contributed by atoms with Gasteiger partial charge >= 0.3 is 6.01 Å². The molecule has 3 atom stereocenters. The van der Waals surface area contributed by atoms with E-state index < -0.39 is 23.8 Å². The lowest BCUT2D eigenvalue weighted by Gasteiger charge is -2.31. The quantitative estimate of drug-likeness (QED) is 0.241. The third-order valence-electron chi connectivity index (χ3n) is 8.81. The van der Waals surface area contributed by atoms with Crippen LogP contribution in [0.1, 0.15) is 31.2 Å². The van der Waals surface area contributed by atoms with E-state index in [-0.39, 0.29) is 50.4 Å². The molecule has 214 valence electrons. The molecule has 3 fully saturated rings. The third kappa shape index (κ3) is 4.14. The second kappa shape index (κ2) is 9.60. The third-order valence-corrected chi connectivity index (χ3v) is 8.81. The lowest BCUT2D eigenvalue weighted by atomic mass is 9.94. The van der Waals surface area contributed by atoms with Crippen LogP contribution in [0.3, 0.4) is 0 Å². The van der Waals surface area contributed by atoms with Gasteiger partial charge in [0.2, 0.25) is 0 Å². The highest BCUT2D eigenvalue weighted by atomic mass is 19.1. The molecular formula is C32H28F3N5O2. The summed E-state index contributed by atoms with van der Waals surface area (Å²) >= 11 is 0. The molecule has 2 aliphatic heterocycles. The van der Waals surface area contributed by atoms with Gasteiger partial charge in [-0.2, -0.15) is 9.97 Å². The van der Waals surface area contributed by atoms with Crippen molar-refractivity contribution in [2.45, 2.75) is 43.4 Å². The second-order valence-corrected chi connectivity index (χ2v) is 11.6. The Morgan fingerprint density at radius 3 is 2.86 bits per heavy atom. The maximum atomic E-state index is 16.5. The number of rotatable bonds is 6. The first-order valence-electron chi connectivity index (χ1n) is 13.9. The highest BCUT2D eigenvalue weighted by molar-refractivity contribution is 6.03. The van der Waals surface area contributed by atoms with Crippen molar-refractivity contribution < 1.29 is 23.0 Å². The molecule has 3 aliphatic rings. The predicted molar refractivity (Wildman–Crippen MR) is 154 cm³/mol. The van der Waals surface area contributed by atoms with E-state index in [2.05, 4.69) is 32.4 Å². The van der Waals surface area contributed by atoms with E-state index in [1.165, 1.54) is 30.5 Å². The Kier molecular flexibility index (Phi) is 6.06. The summed E-state index contributed by atoms with van der Waals surface area (Å²) in [5, 5.41) is 11.4. The largest absolute Gasteiger partial charge is 0.508 e. The maximum absolute atomic E-state index is 16.5. The summed E-state index contributed by atoms with van der Waals surface area (Å²) in [6.45, 7) is 6.24. The van der Waals surface area contributed by atoms with E-state index in [1.54, 1.807) is 11.9 Å². The van der Waals surface area contributed by atoms with Crippen LogP contribution in [-0.4, -0.2) is 69.5 Å². The van der Waals surface area contributed by atoms with E-state index >= 15 is 4.39 Å². The molecule has 2 aromatic heterocycles. The number of pyridine rings is 1. The Morgan fingerprint density at radius 1 is 1.29 bits per heavy atom. The molecule has 0 unspecified atom stereocenters. The number of hydrogen-bond acceptors (Lipinski definition) is 7. The number of hydrogen-bond donors (Lipinski definition) is 1. The van der Waals surface area contributed by atoms with Crippen LogP contribution >= 0.6 is 0 Å². The van der Waals surface area contributed by atoms with Crippen LogP contribution in [0.15, 0.2) is 42.6 Å². The summed E-state index contributed by atoms with van der Waals surface area (Å²) in [5.41, 5.74) is 0.714. The Bertz CT molecular complexity index is 1840. The summed E-state index contributed by atoms with van der Waals surface area (Å²) in [5.74, 6) is 0.997. The van der Waals surface area contributed by atoms with Crippen molar-refractivity contribution >= 4 is 27.5 Å². The van der Waals surface area contributed by atoms with E-state index in [4.69, 9.17) is 11.2 Å². The summed E-state index contributed by atoms with van der Waals surface area (Å²) in [4.78, 5) is 17.5. The predicted octanol–water partition coefficient (Wildman–Crippen LogP) is 5.53. The number of anilines is 1. The number of aromatic hydroxyl groups is 1. The highest BCUT2D eigenvalue weighted by Gasteiger charge is 2.47. The zero-order chi connectivity index (χ0) is 29.3. The van der Waals surface area contributed by atoms with Crippen LogP contribution in [0.2, 0.25) is 0 Å². The van der Waals surface area contributed by atoms with E-state index in [1.807, 2.05) is 0 Å². The number of benzene rings is 2. The van der Waals surface area contributed by atoms with E-state index in [0.29, 0.717) is 24.2 Å². The average molecular weight is 572 g/mol. The van der Waals surface area contributed by atoms with Gasteiger partial charge in [-0.05, 0) is 49.4 Å². The Hall–Kier alpha value is -4.36. The first kappa shape index (κ1) is 26.5. The monoisotopic (exact) mass is 571 g/mol. The van der Waals surface area contributed by atoms with Gasteiger partial charge in [-0.1, -0.05) is 24.1 Å². The van der Waals surface area contributed by atoms with Gasteiger partial charge < -0.3 is 14.7 Å². The Morgan fingerprint density at radius 2 is 2.10 bits per heavy atom. The van der Waals surface area contributed by atoms with E-state index in [9.17, 15) is 13.9 Å². The van der Waals surface area contributed by atoms with Crippen LogP contribution in [-0.2, 0) is 0 Å². The molecule has 2 saturated heterocycles. The van der Waals surface area contributed by atoms with Crippen LogP contribution < -0.4 is 9.64 Å². The number of alkyl halides is 1. The van der Waals surface area contributed by atoms with Crippen LogP contribution in [0, 0.1) is 24.0 Å². The molecule has 10 heteroatoms. The summed E-state index contributed by atoms with van der Waals surface area (Å²) < 4.78 is 51.5. The van der Waals surface area contributed by atoms with Crippen LogP contribution in [0.25, 0.3) is 32.9 Å². The lowest BCUT2D eigenvalue weighted by molar-refractivity contribution is 0.108. The van der Waals surface area contributed by atoms with Gasteiger partial charge in [0, 0.05) is 37.2 Å². The molecule has 0 spiro atoms. The number of aromatic nitrogens is 3. The van der Waals surface area contributed by atoms with Crippen LogP contribution in [0.5, 0.6) is 11.8 Å². The normalized spacial score (nSPS) is 23.4. The van der Waals surface area contributed by atoms with Crippen molar-refractivity contribution in [1.82, 2.24) is 19.9 Å². The molecule has 2 aromatic carbocycles. The fourth-order valence-corrected chi connectivity index (χ4v) is 6.65. The average Bonchev–Trinajstić information content (AvgIpc) is 3.45. The van der Waals surface area contributed by atoms with E-state index in [0.717, 1.165) is 37.9 Å². The summed E-state index contributed by atoms with van der Waals surface area (Å²) in [6.07, 6.45) is 9.14. The Labute approximate surface area is 240 Å². The van der Waals surface area contributed by atoms with Gasteiger partial charge in [0.1, 0.15) is 41.4 Å². The lowest BCUT2D eigenvalue weighted by Crippen LogP contribution is -2.43. The molecule has 4 aromatic rings. The van der Waals surface area contributed by atoms with Gasteiger partial charge in [0.05, 0.1) is 22.5 Å². The molecule has 7 rings (SSSR count). The van der Waals surface area contributed by atoms with Gasteiger partial charge in [0.15, 0.2) is 5.82 Å². The van der Waals surface area contributed by atoms with Crippen molar-refractivity contribution in [2.24, 2.45) is 0 Å². The maximum Gasteiger partial charge on any atom is 0.319 e. The molecule has 42 heavy (non-hydrogen) atoms. The standard InChI is InChI=1S/C32H28F3N5O2/c1-4-20-23(33)7-6-18-10-19(41)11-21(26(18)20)28-27(35)29-22(14-36-28)30(39(3)25-12-24(25)34)38-31(37-29)42-16-32-8-5-9-40(32)15-17(2)13-32/h1,6-7,10-11,14,24-25,41H,2,5,8-9,12-13,15-16H2,3H3/t24-,25-,32+/m0/s1. The zero-order valence-corrected chi connectivity index (χ0v) is 23.0. The number of halogens is 3. The van der Waals surface area contributed by atoms with Crippen LogP contribution in [0.4, 0.5) is 19.0 Å². The second-order valence-electron chi connectivity index (χ2n) is 11.6. The molecule has 1 saturated carbocycles. The fourth-order valence-electron chi connectivity index (χ4n) is 6.65. The molecule has 0 bridgehead atoms. The van der Waals surface area contributed by atoms with Crippen molar-refractivity contribution in [3.8, 4) is 35.4 Å². The zero-order valence-electron chi connectivity index (χ0n) is 23.0. The number of terminal acetylenes is 1. The van der Waals surface area contributed by atoms with Crippen molar-refractivity contribution in [2.75, 3.05) is 31.6 Å². The highest BCUT2D eigenvalue weighted by Crippen LogP contribution is 2.43. The summed E-state index contributed by atoms with van der Waals surface area (Å²) in [7, 11) is 1.70. The van der Waals surface area contributed by atoms with Gasteiger partial charge in [-0.15, -0.1) is 6.42 Å². The SMILES string of the molecule is C#Cc1c(F)ccc2cc(O)cc(-c3ncc4c(N(C)[C@H]5C[C@@H]5F)nc(OC[C@]56CCCN5CC(=C)C6)nc4c3F)c12. The molecule has 0 radical (unpaired) electrons. The molecular weight excluding hydrogens is 543 g/mol. The molecule has 0 amide bonds. The summed E-state index contributed by atoms with van der Waals surface area (Å²) in [6, 6.07) is 4.94. The van der Waals surface area contributed by atoms with Gasteiger partial charge in [-0.25, -0.2) is 13.2 Å². The molecule has 4 heterocycles. The molecule has 1 N–H and O–H groups in total. The minimum Gasteiger partial charge on any atom is -0.508 e. The van der Waals surface area contributed by atoms with Gasteiger partial charge in [-0.3, -0.25) is 9.88 Å². The molecule has 7 nitrogen and oxygen atoms in total. The number of fused-ring (bicyclic) bond motifs is 3. The topological polar surface area (TPSA) is 74.6 Å². The minimum absolute atomic E-state index is 0.0358. The smallest absolute Gasteiger partial charge is 0.319 e. The van der Waals surface area contributed by atoms with Crippen molar-refractivity contribution in [1.29, 1.82) is 0 Å². The first-order chi connectivity index (χ1) is 20.2. The number of phenols is 1. The van der Waals surface area contributed by atoms with Crippen molar-refractivity contribution in [3.05, 3.63) is 59.8 Å². The Balaban J connectivity index is 1.38.